The summed E-state index contributed by atoms with van der Waals surface area (Å²) in [6.07, 6.45) is 3.30. The van der Waals surface area contributed by atoms with Crippen molar-refractivity contribution in [3.8, 4) is 5.88 Å². The number of amides is 2. The first-order valence-electron chi connectivity index (χ1n) is 13.1. The topological polar surface area (TPSA) is 117 Å². The summed E-state index contributed by atoms with van der Waals surface area (Å²) in [4.78, 5) is 36.4. The van der Waals surface area contributed by atoms with E-state index in [2.05, 4.69) is 34.9 Å². The van der Waals surface area contributed by atoms with Crippen LogP contribution in [0.2, 0.25) is 25.7 Å². The van der Waals surface area contributed by atoms with Crippen LogP contribution in [-0.2, 0) is 20.9 Å². The smallest absolute Gasteiger partial charge is 0.410 e. The number of nitrogens with zero attached hydrogens (tertiary/aromatic N) is 4. The van der Waals surface area contributed by atoms with Gasteiger partial charge in [0.2, 0.25) is 5.88 Å². The number of ether oxygens (including phenoxy) is 4. The fourth-order valence-electron chi connectivity index (χ4n) is 3.98. The summed E-state index contributed by atoms with van der Waals surface area (Å²) in [6.45, 7) is 16.5. The zero-order valence-corrected chi connectivity index (χ0v) is 25.0. The highest BCUT2D eigenvalue weighted by Crippen LogP contribution is 2.24. The number of nitrogens with one attached hydrogen (secondary N) is 1. The molecule has 0 bridgehead atoms. The van der Waals surface area contributed by atoms with Gasteiger partial charge in [0, 0.05) is 47.0 Å². The zero-order chi connectivity index (χ0) is 28.1. The highest BCUT2D eigenvalue weighted by Gasteiger charge is 2.31. The summed E-state index contributed by atoms with van der Waals surface area (Å²) in [5, 5.41) is 2.94. The Morgan fingerprint density at radius 2 is 2.00 bits per heavy atom. The molecule has 0 aliphatic carbocycles. The lowest BCUT2D eigenvalue weighted by molar-refractivity contribution is 0.0274. The molecule has 1 N–H and O–H groups in total. The summed E-state index contributed by atoms with van der Waals surface area (Å²) in [6, 6.07) is 0.864. The molecule has 38 heavy (non-hydrogen) atoms. The van der Waals surface area contributed by atoms with Crippen LogP contribution in [0.1, 0.15) is 44.5 Å². The molecule has 212 valence electrons. The Bertz CT molecular complexity index is 1110. The second kappa shape index (κ2) is 12.4. The average molecular weight is 550 g/mol. The van der Waals surface area contributed by atoms with Crippen LogP contribution < -0.4 is 10.1 Å². The molecule has 2 atom stereocenters. The van der Waals surface area contributed by atoms with Crippen LogP contribution in [0.15, 0.2) is 12.4 Å². The molecule has 1 saturated heterocycles. The Balaban J connectivity index is 1.77. The van der Waals surface area contributed by atoms with Gasteiger partial charge in [-0.3, -0.25) is 4.79 Å². The lowest BCUT2D eigenvalue weighted by atomic mass is 10.2. The van der Waals surface area contributed by atoms with Crippen LogP contribution in [-0.4, -0.2) is 90.7 Å². The van der Waals surface area contributed by atoms with E-state index in [1.807, 2.05) is 27.7 Å². The molecular weight excluding hydrogens is 506 g/mol. The van der Waals surface area contributed by atoms with Gasteiger partial charge in [0.05, 0.1) is 24.9 Å². The third-order valence-electron chi connectivity index (χ3n) is 5.89. The molecule has 12 heteroatoms. The first-order valence-corrected chi connectivity index (χ1v) is 16.8. The van der Waals surface area contributed by atoms with Crippen molar-refractivity contribution in [2.75, 3.05) is 33.4 Å². The molecule has 1 aliphatic heterocycles. The van der Waals surface area contributed by atoms with Gasteiger partial charge < -0.3 is 33.7 Å². The summed E-state index contributed by atoms with van der Waals surface area (Å²) < 4.78 is 24.4. The third kappa shape index (κ3) is 8.67. The number of fused-ring (bicyclic) bond motifs is 1. The molecule has 0 radical (unpaired) electrons. The van der Waals surface area contributed by atoms with E-state index in [4.69, 9.17) is 18.9 Å². The monoisotopic (exact) mass is 549 g/mol. The number of aromatic nitrogens is 3. The van der Waals surface area contributed by atoms with Crippen LogP contribution >= 0.6 is 0 Å². The fraction of sp³-hybridized carbons (Fsp3) is 0.692. The van der Waals surface area contributed by atoms with E-state index < -0.39 is 13.7 Å². The number of hydrogen-bond donors (Lipinski definition) is 1. The first kappa shape index (κ1) is 29.8. The zero-order valence-electron chi connectivity index (χ0n) is 24.0. The largest absolute Gasteiger partial charge is 0.471 e. The van der Waals surface area contributed by atoms with E-state index in [9.17, 15) is 9.59 Å². The molecule has 0 unspecified atom stereocenters. The van der Waals surface area contributed by atoms with Gasteiger partial charge in [-0.2, -0.15) is 0 Å². The van der Waals surface area contributed by atoms with Gasteiger partial charge in [0.15, 0.2) is 5.65 Å². The van der Waals surface area contributed by atoms with Crippen molar-refractivity contribution < 1.29 is 28.5 Å². The lowest BCUT2D eigenvalue weighted by Crippen LogP contribution is -2.36. The number of likely N-dealkylation sites (tertiary alicyclic amines) is 1. The Kier molecular flexibility index (Phi) is 9.77. The predicted molar refractivity (Wildman–Crippen MR) is 147 cm³/mol. The van der Waals surface area contributed by atoms with Crippen molar-refractivity contribution in [2.24, 2.45) is 0 Å². The molecule has 11 nitrogen and oxygen atoms in total. The standard InChI is InChI=1S/C26H43N5O6Si/c1-18(16-34-5)28-24(32)20-15-31(17-35-11-12-38(6,7)8)23-22(20)29-21(13-27-23)36-19-9-10-30(14-19)25(33)37-26(2,3)4/h13,15,18-19H,9-12,14,16-17H2,1-8H3,(H,28,32)/t18-,19+/m1/s1. The van der Waals surface area contributed by atoms with Crippen LogP contribution in [0, 0.1) is 0 Å². The molecule has 1 fully saturated rings. The Morgan fingerprint density at radius 1 is 1.26 bits per heavy atom. The van der Waals surface area contributed by atoms with Crippen molar-refractivity contribution in [3.63, 3.8) is 0 Å². The molecule has 3 heterocycles. The van der Waals surface area contributed by atoms with Gasteiger partial charge in [-0.25, -0.2) is 14.8 Å². The molecule has 0 saturated carbocycles. The Morgan fingerprint density at radius 3 is 2.66 bits per heavy atom. The molecule has 3 rings (SSSR count). The third-order valence-corrected chi connectivity index (χ3v) is 7.60. The number of methoxy groups -OCH3 is 1. The van der Waals surface area contributed by atoms with Gasteiger partial charge >= 0.3 is 6.09 Å². The summed E-state index contributed by atoms with van der Waals surface area (Å²) in [5.41, 5.74) is 0.795. The van der Waals surface area contributed by atoms with Crippen molar-refractivity contribution in [2.45, 2.75) is 84.3 Å². The number of carbonyl (C=O) groups is 2. The fourth-order valence-corrected chi connectivity index (χ4v) is 4.74. The maximum atomic E-state index is 13.1. The minimum absolute atomic E-state index is 0.177. The van der Waals surface area contributed by atoms with E-state index in [1.54, 1.807) is 29.0 Å². The van der Waals surface area contributed by atoms with Gasteiger partial charge in [0.1, 0.15) is 24.0 Å². The average Bonchev–Trinajstić information content (AvgIpc) is 3.40. The van der Waals surface area contributed by atoms with Crippen LogP contribution in [0.4, 0.5) is 4.79 Å². The van der Waals surface area contributed by atoms with Gasteiger partial charge in [-0.1, -0.05) is 19.6 Å². The second-order valence-electron chi connectivity index (χ2n) is 12.0. The van der Waals surface area contributed by atoms with Crippen LogP contribution in [0.25, 0.3) is 11.2 Å². The lowest BCUT2D eigenvalue weighted by Gasteiger charge is -2.24. The maximum Gasteiger partial charge on any atom is 0.410 e. The second-order valence-corrected chi connectivity index (χ2v) is 17.6. The van der Waals surface area contributed by atoms with Crippen LogP contribution in [0.3, 0.4) is 0 Å². The molecule has 0 aromatic carbocycles. The number of carbonyl (C=O) groups excluding carboxylic acids is 2. The molecular formula is C26H43N5O6Si. The summed E-state index contributed by atoms with van der Waals surface area (Å²) in [7, 11) is 0.367. The Hall–Kier alpha value is -2.70. The van der Waals surface area contributed by atoms with E-state index >= 15 is 0 Å². The van der Waals surface area contributed by atoms with Crippen molar-refractivity contribution >= 4 is 31.2 Å². The quantitative estimate of drug-likeness (QED) is 0.331. The highest BCUT2D eigenvalue weighted by atomic mass is 28.3. The maximum absolute atomic E-state index is 13.1. The number of rotatable bonds is 11. The highest BCUT2D eigenvalue weighted by molar-refractivity contribution is 6.76. The first-order chi connectivity index (χ1) is 17.8. The summed E-state index contributed by atoms with van der Waals surface area (Å²) >= 11 is 0. The van der Waals surface area contributed by atoms with Gasteiger partial charge in [-0.15, -0.1) is 0 Å². The summed E-state index contributed by atoms with van der Waals surface area (Å²) in [5.74, 6) is 0.0220. The SMILES string of the molecule is COC[C@@H](C)NC(=O)c1cn(COCC[Si](C)(C)C)c2ncc(O[C@H]3CCN(C(=O)OC(C)(C)C)C3)nc12. The minimum Gasteiger partial charge on any atom is -0.471 e. The Labute approximate surface area is 226 Å². The van der Waals surface area contributed by atoms with Gasteiger partial charge in [0.25, 0.3) is 5.91 Å². The van der Waals surface area contributed by atoms with E-state index in [0.717, 1.165) is 6.04 Å². The van der Waals surface area contributed by atoms with Crippen molar-refractivity contribution in [1.29, 1.82) is 0 Å². The van der Waals surface area contributed by atoms with Gasteiger partial charge in [-0.05, 0) is 33.7 Å². The van der Waals surface area contributed by atoms with Crippen LogP contribution in [0.5, 0.6) is 5.88 Å². The minimum atomic E-state index is -1.22. The number of hydrogen-bond acceptors (Lipinski definition) is 8. The molecule has 1 aliphatic rings. The molecule has 0 spiro atoms. The van der Waals surface area contributed by atoms with E-state index in [1.165, 1.54) is 0 Å². The van der Waals surface area contributed by atoms with Crippen molar-refractivity contribution in [3.05, 3.63) is 18.0 Å². The van der Waals surface area contributed by atoms with Crippen molar-refractivity contribution in [1.82, 2.24) is 24.8 Å². The molecule has 2 amide bonds. The normalized spacial score (nSPS) is 17.1. The van der Waals surface area contributed by atoms with E-state index in [-0.39, 0.29) is 30.9 Å². The predicted octanol–water partition coefficient (Wildman–Crippen LogP) is 3.90. The molecule has 2 aromatic rings. The molecule has 2 aromatic heterocycles. The van der Waals surface area contributed by atoms with E-state index in [0.29, 0.717) is 55.3 Å².